The van der Waals surface area contributed by atoms with Crippen LogP contribution in [0, 0.1) is 17.7 Å². The van der Waals surface area contributed by atoms with Crippen LogP contribution in [0.15, 0.2) is 97.1 Å². The number of carbonyl (C=O) groups excluding carboxylic acids is 1. The minimum Gasteiger partial charge on any atom is -0.489 e. The Morgan fingerprint density at radius 3 is 2.30 bits per heavy atom. The number of nitrogens with zero attached hydrogens (tertiary/aromatic N) is 1. The predicted octanol–water partition coefficient (Wildman–Crippen LogP) is 7.82. The highest BCUT2D eigenvalue weighted by Crippen LogP contribution is 2.32. The van der Waals surface area contributed by atoms with E-state index in [1.807, 2.05) is 93.6 Å². The lowest BCUT2D eigenvalue weighted by molar-refractivity contribution is 0.0164. The maximum atomic E-state index is 13.2. The van der Waals surface area contributed by atoms with Crippen molar-refractivity contribution in [2.24, 2.45) is 0 Å². The van der Waals surface area contributed by atoms with Crippen LogP contribution in [-0.2, 0) is 17.8 Å². The first-order valence-corrected chi connectivity index (χ1v) is 15.3. The molecule has 1 amide bonds. The first kappa shape index (κ1) is 33.9. The Hall–Kier alpha value is -5.00. The topological polar surface area (TPSA) is 80.3 Å². The summed E-state index contributed by atoms with van der Waals surface area (Å²) in [6.45, 7) is 8.38. The minimum atomic E-state index is -0.700. The number of hydrogen-bond acceptors (Lipinski definition) is 6. The van der Waals surface area contributed by atoms with Gasteiger partial charge >= 0.3 is 6.09 Å². The van der Waals surface area contributed by atoms with Crippen molar-refractivity contribution in [1.82, 2.24) is 4.90 Å². The van der Waals surface area contributed by atoms with E-state index < -0.39 is 17.8 Å². The molecule has 4 aromatic rings. The van der Waals surface area contributed by atoms with Gasteiger partial charge in [-0.05, 0) is 106 Å². The highest BCUT2D eigenvalue weighted by molar-refractivity contribution is 5.68. The molecule has 0 bridgehead atoms. The molecule has 0 spiro atoms. The normalized spacial score (nSPS) is 11.5. The fourth-order valence-electron chi connectivity index (χ4n) is 4.41. The van der Waals surface area contributed by atoms with Crippen LogP contribution in [0.4, 0.5) is 14.9 Å². The van der Waals surface area contributed by atoms with E-state index in [0.717, 1.165) is 28.1 Å². The van der Waals surface area contributed by atoms with Crippen LogP contribution in [0.2, 0.25) is 0 Å². The number of hydrogen-bond donors (Lipinski definition) is 2. The highest BCUT2D eigenvalue weighted by atomic mass is 19.1. The number of halogens is 1. The summed E-state index contributed by atoms with van der Waals surface area (Å²) in [5.41, 5.74) is 2.81. The first-order chi connectivity index (χ1) is 22.0. The van der Waals surface area contributed by atoms with Crippen molar-refractivity contribution in [3.8, 4) is 29.1 Å². The van der Waals surface area contributed by atoms with Gasteiger partial charge in [-0.25, -0.2) is 9.18 Å². The average Bonchev–Trinajstić information content (AvgIpc) is 3.02. The second-order valence-electron chi connectivity index (χ2n) is 11.9. The van der Waals surface area contributed by atoms with Gasteiger partial charge in [-0.2, -0.15) is 0 Å². The van der Waals surface area contributed by atoms with E-state index in [4.69, 9.17) is 14.2 Å². The van der Waals surface area contributed by atoms with Crippen molar-refractivity contribution in [1.29, 1.82) is 0 Å². The van der Waals surface area contributed by atoms with E-state index in [0.29, 0.717) is 37.6 Å². The van der Waals surface area contributed by atoms with Crippen LogP contribution >= 0.6 is 0 Å². The van der Waals surface area contributed by atoms with Crippen molar-refractivity contribution in [2.45, 2.75) is 52.4 Å². The highest BCUT2D eigenvalue weighted by Gasteiger charge is 2.23. The molecule has 2 N–H and O–H groups in total. The number of carbonyl (C=O) groups is 1. The zero-order chi connectivity index (χ0) is 32.9. The van der Waals surface area contributed by atoms with E-state index in [-0.39, 0.29) is 12.4 Å². The number of benzene rings is 4. The van der Waals surface area contributed by atoms with Crippen LogP contribution in [-0.4, -0.2) is 47.4 Å². The van der Waals surface area contributed by atoms with Crippen molar-refractivity contribution in [2.75, 3.05) is 25.0 Å². The molecule has 0 aliphatic rings. The number of anilines is 1. The van der Waals surface area contributed by atoms with Crippen molar-refractivity contribution < 1.29 is 28.5 Å². The number of aliphatic hydroxyl groups excluding tert-OH is 1. The molecule has 7 nitrogen and oxygen atoms in total. The number of aliphatic hydroxyl groups is 1. The lowest BCUT2D eigenvalue weighted by Gasteiger charge is -2.28. The van der Waals surface area contributed by atoms with E-state index in [9.17, 15) is 14.3 Å². The maximum Gasteiger partial charge on any atom is 0.410 e. The van der Waals surface area contributed by atoms with Crippen LogP contribution in [0.25, 0.3) is 0 Å². The Labute approximate surface area is 270 Å². The van der Waals surface area contributed by atoms with Crippen molar-refractivity contribution in [3.63, 3.8) is 0 Å². The van der Waals surface area contributed by atoms with Crippen LogP contribution < -0.4 is 14.8 Å². The van der Waals surface area contributed by atoms with Gasteiger partial charge in [0.05, 0.1) is 18.3 Å². The van der Waals surface area contributed by atoms with Gasteiger partial charge in [-0.15, -0.1) is 0 Å². The lowest BCUT2D eigenvalue weighted by Crippen LogP contribution is -2.41. The van der Waals surface area contributed by atoms with Crippen LogP contribution in [0.3, 0.4) is 0 Å². The molecule has 0 saturated carbocycles. The van der Waals surface area contributed by atoms with E-state index >= 15 is 0 Å². The number of rotatable bonds is 12. The summed E-state index contributed by atoms with van der Waals surface area (Å²) in [6.07, 6.45) is -0.662. The summed E-state index contributed by atoms with van der Waals surface area (Å²) in [7, 11) is 0. The first-order valence-electron chi connectivity index (χ1n) is 15.3. The smallest absolute Gasteiger partial charge is 0.410 e. The summed E-state index contributed by atoms with van der Waals surface area (Å²) in [5.74, 6) is 7.71. The maximum absolute atomic E-state index is 13.2. The molecule has 0 saturated heterocycles. The number of ether oxygens (including phenoxy) is 3. The third kappa shape index (κ3) is 11.5. The molecule has 0 unspecified atom stereocenters. The molecule has 240 valence electrons. The Morgan fingerprint density at radius 2 is 1.63 bits per heavy atom. The summed E-state index contributed by atoms with van der Waals surface area (Å²) >= 11 is 0. The van der Waals surface area contributed by atoms with E-state index in [1.54, 1.807) is 19.1 Å². The Bertz CT molecular complexity index is 1610. The molecule has 1 atom stereocenters. The molecular weight excluding hydrogens is 583 g/mol. The summed E-state index contributed by atoms with van der Waals surface area (Å²) in [6, 6.07) is 29.2. The third-order valence-corrected chi connectivity index (χ3v) is 6.60. The van der Waals surface area contributed by atoms with Gasteiger partial charge in [0.25, 0.3) is 0 Å². The second kappa shape index (κ2) is 16.4. The SMILES string of the molecule is C[C@H](O)CN(CCc1ccc(NCC#Cc2ccc(F)cc2)c(Oc2ccc(OCc3ccccc3)cc2)c1)C(=O)OC(C)(C)C. The van der Waals surface area contributed by atoms with Gasteiger partial charge in [0.2, 0.25) is 0 Å². The number of amides is 1. The predicted molar refractivity (Wildman–Crippen MR) is 179 cm³/mol. The molecule has 0 radical (unpaired) electrons. The number of nitrogens with one attached hydrogen (secondary N) is 1. The van der Waals surface area contributed by atoms with Crippen molar-refractivity contribution in [3.05, 3.63) is 120 Å². The monoisotopic (exact) mass is 624 g/mol. The second-order valence-corrected chi connectivity index (χ2v) is 11.9. The largest absolute Gasteiger partial charge is 0.489 e. The molecule has 0 heterocycles. The molecule has 0 aromatic heterocycles. The van der Waals surface area contributed by atoms with E-state index in [2.05, 4.69) is 17.2 Å². The molecule has 4 aromatic carbocycles. The molecule has 8 heteroatoms. The van der Waals surface area contributed by atoms with E-state index in [1.165, 1.54) is 17.0 Å². The summed E-state index contributed by atoms with van der Waals surface area (Å²) in [4.78, 5) is 14.3. The standard InChI is InChI=1S/C38H41FN2O5/c1-28(42)26-41(37(43)46-38(2,3)4)24-22-30-14-21-35(40-23-8-11-29-12-15-32(39)16-13-29)36(25-30)45-34-19-17-33(18-20-34)44-27-31-9-6-5-7-10-31/h5-7,9-10,12-21,25,28,40,42H,22-24,26-27H2,1-4H3/t28-/m0/s1. The molecule has 0 fully saturated rings. The van der Waals surface area contributed by atoms with Gasteiger partial charge < -0.3 is 29.5 Å². The Kier molecular flexibility index (Phi) is 12.0. The van der Waals surface area contributed by atoms with Gasteiger partial charge in [0.1, 0.15) is 29.5 Å². The van der Waals surface area contributed by atoms with Gasteiger partial charge in [0, 0.05) is 18.7 Å². The summed E-state index contributed by atoms with van der Waals surface area (Å²) in [5, 5.41) is 13.3. The molecule has 0 aliphatic carbocycles. The van der Waals surface area contributed by atoms with Gasteiger partial charge in [-0.3, -0.25) is 0 Å². The van der Waals surface area contributed by atoms with Crippen molar-refractivity contribution >= 4 is 11.8 Å². The minimum absolute atomic E-state index is 0.156. The Morgan fingerprint density at radius 1 is 0.935 bits per heavy atom. The molecule has 46 heavy (non-hydrogen) atoms. The zero-order valence-electron chi connectivity index (χ0n) is 26.8. The summed E-state index contributed by atoms with van der Waals surface area (Å²) < 4.78 is 31.0. The third-order valence-electron chi connectivity index (χ3n) is 6.60. The fourth-order valence-corrected chi connectivity index (χ4v) is 4.41. The van der Waals surface area contributed by atoms with Crippen LogP contribution in [0.1, 0.15) is 44.4 Å². The Balaban J connectivity index is 1.48. The zero-order valence-corrected chi connectivity index (χ0v) is 26.8. The average molecular weight is 625 g/mol. The quantitative estimate of drug-likeness (QED) is 0.157. The molecule has 0 aliphatic heterocycles. The molecule has 4 rings (SSSR count). The fraction of sp³-hybridized carbons (Fsp3) is 0.289. The lowest BCUT2D eigenvalue weighted by atomic mass is 10.1. The van der Waals surface area contributed by atoms with Crippen LogP contribution in [0.5, 0.6) is 17.2 Å². The van der Waals surface area contributed by atoms with Gasteiger partial charge in [-0.1, -0.05) is 48.2 Å². The van der Waals surface area contributed by atoms with Gasteiger partial charge in [0.15, 0.2) is 5.75 Å². The molecular formula is C38H41FN2O5.